The molecule has 2 aromatic rings. The second-order valence-corrected chi connectivity index (χ2v) is 12.1. The van der Waals surface area contributed by atoms with E-state index in [1.165, 1.54) is 30.2 Å². The van der Waals surface area contributed by atoms with Gasteiger partial charge < -0.3 is 14.7 Å². The van der Waals surface area contributed by atoms with Gasteiger partial charge >= 0.3 is 12.4 Å². The smallest absolute Gasteiger partial charge is 0.343 e. The molecule has 13 heteroatoms. The quantitative estimate of drug-likeness (QED) is 0.390. The van der Waals surface area contributed by atoms with Crippen LogP contribution in [0, 0.1) is 18.8 Å². The summed E-state index contributed by atoms with van der Waals surface area (Å²) < 4.78 is 80.2. The van der Waals surface area contributed by atoms with E-state index in [-0.39, 0.29) is 41.8 Å². The molecule has 0 unspecified atom stereocenters. The Morgan fingerprint density at radius 1 is 0.929 bits per heavy atom. The van der Waals surface area contributed by atoms with Crippen LogP contribution in [-0.2, 0) is 33.3 Å². The number of likely N-dealkylation sites (tertiary alicyclic amines) is 2. The lowest BCUT2D eigenvalue weighted by atomic mass is 9.81. The molecular weight excluding hydrogens is 584 g/mol. The van der Waals surface area contributed by atoms with Gasteiger partial charge in [-0.15, -0.1) is 11.3 Å². The van der Waals surface area contributed by atoms with E-state index >= 15 is 0 Å². The highest BCUT2D eigenvalue weighted by atomic mass is 32.1. The molecule has 0 saturated carbocycles. The van der Waals surface area contributed by atoms with E-state index in [1.54, 1.807) is 9.80 Å². The van der Waals surface area contributed by atoms with E-state index in [1.807, 2.05) is 18.4 Å². The summed E-state index contributed by atoms with van der Waals surface area (Å²) in [6.07, 6.45) is -8.55. The minimum Gasteiger partial charge on any atom is -0.343 e. The number of amides is 3. The Labute approximate surface area is 244 Å². The number of carbonyl (C=O) groups is 3. The maximum Gasteiger partial charge on any atom is 0.416 e. The van der Waals surface area contributed by atoms with Gasteiger partial charge in [-0.3, -0.25) is 14.4 Å². The Morgan fingerprint density at radius 2 is 1.50 bits per heavy atom. The predicted octanol–water partition coefficient (Wildman–Crippen LogP) is 5.94. The molecule has 2 saturated heterocycles. The Hall–Kier alpha value is -3.09. The molecule has 2 aliphatic rings. The van der Waals surface area contributed by atoms with Crippen molar-refractivity contribution < 1.29 is 40.7 Å². The van der Waals surface area contributed by atoms with Crippen molar-refractivity contribution in [3.63, 3.8) is 0 Å². The number of aryl methyl sites for hydroxylation is 1. The van der Waals surface area contributed by atoms with Crippen molar-refractivity contribution >= 4 is 29.1 Å². The summed E-state index contributed by atoms with van der Waals surface area (Å²) in [5.41, 5.74) is -2.19. The lowest BCUT2D eigenvalue weighted by Gasteiger charge is -2.41. The molecule has 0 aliphatic carbocycles. The Morgan fingerprint density at radius 3 is 2.00 bits per heavy atom. The summed E-state index contributed by atoms with van der Waals surface area (Å²) in [4.78, 5) is 44.4. The van der Waals surface area contributed by atoms with E-state index in [4.69, 9.17) is 0 Å². The van der Waals surface area contributed by atoms with Crippen LogP contribution in [-0.4, -0.2) is 65.6 Å². The first kappa shape index (κ1) is 31.8. The topological polar surface area (TPSA) is 60.9 Å². The van der Waals surface area contributed by atoms with Crippen LogP contribution < -0.4 is 0 Å². The van der Waals surface area contributed by atoms with Gasteiger partial charge in [0.1, 0.15) is 0 Å². The first-order valence-corrected chi connectivity index (χ1v) is 14.6. The van der Waals surface area contributed by atoms with Gasteiger partial charge in [0.15, 0.2) is 0 Å². The molecule has 230 valence electrons. The number of carbonyl (C=O) groups excluding carboxylic acids is 3. The predicted molar refractivity (Wildman–Crippen MR) is 144 cm³/mol. The van der Waals surface area contributed by atoms with Crippen LogP contribution in [0.4, 0.5) is 26.3 Å². The van der Waals surface area contributed by atoms with Gasteiger partial charge in [0, 0.05) is 69.3 Å². The molecule has 1 aromatic heterocycles. The number of piperidine rings is 2. The molecule has 0 N–H and O–H groups in total. The molecule has 2 aliphatic heterocycles. The number of hydrogen-bond acceptors (Lipinski definition) is 4. The van der Waals surface area contributed by atoms with Crippen molar-refractivity contribution in [1.82, 2.24) is 14.7 Å². The molecular formula is C29H33F6N3O3S. The van der Waals surface area contributed by atoms with E-state index in [0.717, 1.165) is 10.4 Å². The summed E-state index contributed by atoms with van der Waals surface area (Å²) in [6, 6.07) is 3.25. The van der Waals surface area contributed by atoms with Crippen LogP contribution in [0.3, 0.4) is 0 Å². The molecule has 3 heterocycles. The summed E-state index contributed by atoms with van der Waals surface area (Å²) >= 11 is 1.45. The highest BCUT2D eigenvalue weighted by Crippen LogP contribution is 2.40. The fourth-order valence-electron chi connectivity index (χ4n) is 5.92. The first-order valence-electron chi connectivity index (χ1n) is 13.7. The zero-order valence-corrected chi connectivity index (χ0v) is 24.3. The van der Waals surface area contributed by atoms with Crippen molar-refractivity contribution in [1.29, 1.82) is 0 Å². The van der Waals surface area contributed by atoms with E-state index in [2.05, 4.69) is 0 Å². The Bertz CT molecular complexity index is 1280. The first-order chi connectivity index (χ1) is 19.6. The second kappa shape index (κ2) is 12.3. The zero-order chi connectivity index (χ0) is 31.0. The molecule has 4 rings (SSSR count). The molecule has 2 atom stereocenters. The number of rotatable bonds is 5. The number of alkyl halides is 6. The second-order valence-electron chi connectivity index (χ2n) is 11.1. The van der Waals surface area contributed by atoms with E-state index in [9.17, 15) is 40.7 Å². The number of benzene rings is 1. The zero-order valence-electron chi connectivity index (χ0n) is 23.5. The molecule has 42 heavy (non-hydrogen) atoms. The average Bonchev–Trinajstić information content (AvgIpc) is 3.36. The van der Waals surface area contributed by atoms with Gasteiger partial charge in [-0.1, -0.05) is 0 Å². The van der Waals surface area contributed by atoms with Crippen LogP contribution in [0.25, 0.3) is 0 Å². The van der Waals surface area contributed by atoms with Gasteiger partial charge in [-0.2, -0.15) is 26.3 Å². The maximum absolute atomic E-state index is 13.7. The summed E-state index contributed by atoms with van der Waals surface area (Å²) in [7, 11) is 1.37. The van der Waals surface area contributed by atoms with Crippen molar-refractivity contribution in [2.75, 3.05) is 33.2 Å². The standard InChI is InChI=1S/C29H33F6N3O3S/c1-17-7-11-42-25(17)24-16-38(26(40)20-4-8-37(9-5-20)18(2)39)10-6-23(24)27(41)36(3)15-19-12-21(28(30,31)32)14-22(13-19)29(33,34)35/h7,11-14,20,23-24H,4-6,8-10,15-16H2,1-3H3/t23-,24-/m0/s1. The summed E-state index contributed by atoms with van der Waals surface area (Å²) in [5.74, 6) is -1.67. The fourth-order valence-corrected chi connectivity index (χ4v) is 7.01. The van der Waals surface area contributed by atoms with Gasteiger partial charge in [0.25, 0.3) is 0 Å². The molecule has 0 bridgehead atoms. The van der Waals surface area contributed by atoms with Gasteiger partial charge in [-0.05, 0) is 67.0 Å². The number of halogens is 6. The Balaban J connectivity index is 1.53. The third kappa shape index (κ3) is 7.09. The molecule has 6 nitrogen and oxygen atoms in total. The van der Waals surface area contributed by atoms with Crippen LogP contribution >= 0.6 is 11.3 Å². The number of hydrogen-bond donors (Lipinski definition) is 0. The monoisotopic (exact) mass is 617 g/mol. The molecule has 0 spiro atoms. The number of thiophene rings is 1. The van der Waals surface area contributed by atoms with Crippen LogP contribution in [0.2, 0.25) is 0 Å². The molecule has 1 aromatic carbocycles. The van der Waals surface area contributed by atoms with E-state index < -0.39 is 41.8 Å². The molecule has 0 radical (unpaired) electrons. The van der Waals surface area contributed by atoms with Crippen molar-refractivity contribution in [3.8, 4) is 0 Å². The van der Waals surface area contributed by atoms with Crippen LogP contribution in [0.1, 0.15) is 59.2 Å². The fraction of sp³-hybridized carbons (Fsp3) is 0.552. The Kier molecular flexibility index (Phi) is 9.29. The maximum atomic E-state index is 13.7. The highest BCUT2D eigenvalue weighted by Gasteiger charge is 2.41. The lowest BCUT2D eigenvalue weighted by molar-refractivity contribution is -0.145. The van der Waals surface area contributed by atoms with Crippen LogP contribution in [0.5, 0.6) is 0 Å². The van der Waals surface area contributed by atoms with Crippen LogP contribution in [0.15, 0.2) is 29.6 Å². The third-order valence-electron chi connectivity index (χ3n) is 8.21. The number of nitrogens with zero attached hydrogens (tertiary/aromatic N) is 3. The van der Waals surface area contributed by atoms with Gasteiger partial charge in [0.05, 0.1) is 11.1 Å². The normalized spacial score (nSPS) is 20.5. The summed E-state index contributed by atoms with van der Waals surface area (Å²) in [5, 5.41) is 1.88. The van der Waals surface area contributed by atoms with E-state index in [0.29, 0.717) is 51.0 Å². The minimum absolute atomic E-state index is 0.0275. The van der Waals surface area contributed by atoms with Crippen molar-refractivity contribution in [2.24, 2.45) is 11.8 Å². The summed E-state index contributed by atoms with van der Waals surface area (Å²) in [6.45, 7) is 4.55. The average molecular weight is 618 g/mol. The van der Waals surface area contributed by atoms with Crippen molar-refractivity contribution in [2.45, 2.75) is 57.9 Å². The van der Waals surface area contributed by atoms with Gasteiger partial charge in [0.2, 0.25) is 17.7 Å². The molecule has 3 amide bonds. The molecule has 2 fully saturated rings. The van der Waals surface area contributed by atoms with Crippen molar-refractivity contribution in [3.05, 3.63) is 56.8 Å². The highest BCUT2D eigenvalue weighted by molar-refractivity contribution is 7.10. The largest absolute Gasteiger partial charge is 0.416 e. The minimum atomic E-state index is -4.98. The SMILES string of the molecule is CC(=O)N1CCC(C(=O)N2CC[C@H](C(=O)N(C)Cc3cc(C(F)(F)F)cc(C(F)(F)F)c3)[C@@H](c3sccc3C)C2)CC1. The third-order valence-corrected chi connectivity index (χ3v) is 9.36. The lowest BCUT2D eigenvalue weighted by Crippen LogP contribution is -2.50. The van der Waals surface area contributed by atoms with Gasteiger partial charge in [-0.25, -0.2) is 0 Å².